The molecule has 0 radical (unpaired) electrons. The molecule has 1 saturated carbocycles. The van der Waals surface area contributed by atoms with E-state index in [9.17, 15) is 4.79 Å². The molecule has 0 amide bonds. The zero-order chi connectivity index (χ0) is 15.2. The van der Waals surface area contributed by atoms with Crippen LogP contribution in [-0.4, -0.2) is 49.2 Å². The molecule has 0 aromatic rings. The zero-order valence-electron chi connectivity index (χ0n) is 13.9. The predicted molar refractivity (Wildman–Crippen MR) is 82.8 cm³/mol. The molecule has 0 saturated heterocycles. The first-order chi connectivity index (χ1) is 9.46. The van der Waals surface area contributed by atoms with E-state index in [0.29, 0.717) is 18.6 Å². The average Bonchev–Trinajstić information content (AvgIpc) is 2.79. The SMILES string of the molecule is CCOC(=O)C1(NC(C)C)CCCC1CCN(C)CC. The summed E-state index contributed by atoms with van der Waals surface area (Å²) < 4.78 is 5.38. The molecule has 1 aliphatic rings. The molecule has 118 valence electrons. The molecule has 0 aliphatic heterocycles. The molecule has 1 aliphatic carbocycles. The van der Waals surface area contributed by atoms with Crippen LogP contribution < -0.4 is 5.32 Å². The van der Waals surface area contributed by atoms with Gasteiger partial charge >= 0.3 is 5.97 Å². The fourth-order valence-corrected chi connectivity index (χ4v) is 3.30. The lowest BCUT2D eigenvalue weighted by Crippen LogP contribution is -2.58. The predicted octanol–water partition coefficient (Wildman–Crippen LogP) is 2.43. The molecule has 1 N–H and O–H groups in total. The molecule has 4 nitrogen and oxygen atoms in total. The van der Waals surface area contributed by atoms with Crippen molar-refractivity contribution in [2.45, 2.75) is 65.0 Å². The van der Waals surface area contributed by atoms with E-state index < -0.39 is 5.54 Å². The Bertz CT molecular complexity index is 307. The number of hydrogen-bond acceptors (Lipinski definition) is 4. The molecular formula is C16H32N2O2. The minimum atomic E-state index is -0.460. The molecule has 0 heterocycles. The Balaban J connectivity index is 2.80. The van der Waals surface area contributed by atoms with Crippen molar-refractivity contribution in [3.63, 3.8) is 0 Å². The summed E-state index contributed by atoms with van der Waals surface area (Å²) in [7, 11) is 2.14. The molecule has 0 aromatic carbocycles. The van der Waals surface area contributed by atoms with Gasteiger partial charge in [0.1, 0.15) is 5.54 Å². The molecular weight excluding hydrogens is 252 g/mol. The molecule has 1 rings (SSSR count). The minimum absolute atomic E-state index is 0.0460. The minimum Gasteiger partial charge on any atom is -0.465 e. The molecule has 4 heteroatoms. The highest BCUT2D eigenvalue weighted by molar-refractivity contribution is 5.82. The van der Waals surface area contributed by atoms with Crippen molar-refractivity contribution in [3.8, 4) is 0 Å². The monoisotopic (exact) mass is 284 g/mol. The third-order valence-corrected chi connectivity index (χ3v) is 4.41. The Morgan fingerprint density at radius 2 is 2.15 bits per heavy atom. The van der Waals surface area contributed by atoms with E-state index in [1.165, 1.54) is 0 Å². The van der Waals surface area contributed by atoms with Crippen LogP contribution in [0.5, 0.6) is 0 Å². The van der Waals surface area contributed by atoms with E-state index in [1.807, 2.05) is 6.92 Å². The highest BCUT2D eigenvalue weighted by atomic mass is 16.5. The third kappa shape index (κ3) is 4.19. The van der Waals surface area contributed by atoms with Crippen molar-refractivity contribution in [2.24, 2.45) is 5.92 Å². The maximum atomic E-state index is 12.5. The fraction of sp³-hybridized carbons (Fsp3) is 0.938. The number of esters is 1. The lowest BCUT2D eigenvalue weighted by atomic mass is 9.83. The van der Waals surface area contributed by atoms with Gasteiger partial charge in [-0.2, -0.15) is 0 Å². The average molecular weight is 284 g/mol. The first-order valence-electron chi connectivity index (χ1n) is 8.09. The summed E-state index contributed by atoms with van der Waals surface area (Å²) in [6.45, 7) is 10.8. The van der Waals surface area contributed by atoms with Gasteiger partial charge in [0.2, 0.25) is 0 Å². The maximum Gasteiger partial charge on any atom is 0.326 e. The van der Waals surface area contributed by atoms with Crippen LogP contribution in [0.1, 0.15) is 53.4 Å². The Morgan fingerprint density at radius 3 is 2.70 bits per heavy atom. The number of carbonyl (C=O) groups is 1. The van der Waals surface area contributed by atoms with Crippen LogP contribution in [-0.2, 0) is 9.53 Å². The van der Waals surface area contributed by atoms with Gasteiger partial charge in [-0.3, -0.25) is 10.1 Å². The molecule has 1 fully saturated rings. The van der Waals surface area contributed by atoms with E-state index >= 15 is 0 Å². The smallest absolute Gasteiger partial charge is 0.326 e. The number of rotatable bonds is 8. The Labute approximate surface area is 124 Å². The topological polar surface area (TPSA) is 41.6 Å². The maximum absolute atomic E-state index is 12.5. The van der Waals surface area contributed by atoms with Crippen molar-refractivity contribution in [1.82, 2.24) is 10.2 Å². The highest BCUT2D eigenvalue weighted by Gasteiger charge is 2.49. The summed E-state index contributed by atoms with van der Waals surface area (Å²) in [5.41, 5.74) is -0.460. The standard InChI is InChI=1S/C16H32N2O2/c1-6-18(5)12-10-14-9-8-11-16(14,17-13(3)4)15(19)20-7-2/h13-14,17H,6-12H2,1-5H3. The zero-order valence-corrected chi connectivity index (χ0v) is 13.9. The van der Waals surface area contributed by atoms with Gasteiger partial charge in [-0.25, -0.2) is 0 Å². The van der Waals surface area contributed by atoms with Crippen LogP contribution in [0.25, 0.3) is 0 Å². The van der Waals surface area contributed by atoms with Crippen LogP contribution in [0, 0.1) is 5.92 Å². The fourth-order valence-electron chi connectivity index (χ4n) is 3.30. The second-order valence-corrected chi connectivity index (χ2v) is 6.26. The number of nitrogens with one attached hydrogen (secondary N) is 1. The summed E-state index contributed by atoms with van der Waals surface area (Å²) in [5.74, 6) is 0.341. The Morgan fingerprint density at radius 1 is 1.45 bits per heavy atom. The van der Waals surface area contributed by atoms with Crippen LogP contribution >= 0.6 is 0 Å². The molecule has 0 bridgehead atoms. The number of carbonyl (C=O) groups excluding carboxylic acids is 1. The van der Waals surface area contributed by atoms with Gasteiger partial charge in [-0.15, -0.1) is 0 Å². The van der Waals surface area contributed by atoms with Crippen molar-refractivity contribution >= 4 is 5.97 Å². The molecule has 2 atom stereocenters. The van der Waals surface area contributed by atoms with E-state index in [4.69, 9.17) is 4.74 Å². The summed E-state index contributed by atoms with van der Waals surface area (Å²) in [4.78, 5) is 14.8. The van der Waals surface area contributed by atoms with E-state index in [2.05, 4.69) is 38.0 Å². The Kier molecular flexibility index (Phi) is 6.96. The van der Waals surface area contributed by atoms with Gasteiger partial charge in [0.25, 0.3) is 0 Å². The third-order valence-electron chi connectivity index (χ3n) is 4.41. The van der Waals surface area contributed by atoms with E-state index in [-0.39, 0.29) is 5.97 Å². The summed E-state index contributed by atoms with van der Waals surface area (Å²) in [5, 5.41) is 3.54. The van der Waals surface area contributed by atoms with E-state index in [0.717, 1.165) is 38.8 Å². The molecule has 0 spiro atoms. The van der Waals surface area contributed by atoms with Crippen molar-refractivity contribution < 1.29 is 9.53 Å². The van der Waals surface area contributed by atoms with Gasteiger partial charge < -0.3 is 9.64 Å². The quantitative estimate of drug-likeness (QED) is 0.695. The summed E-state index contributed by atoms with van der Waals surface area (Å²) >= 11 is 0. The van der Waals surface area contributed by atoms with Gasteiger partial charge in [0.05, 0.1) is 6.61 Å². The first kappa shape index (κ1) is 17.4. The number of ether oxygens (including phenoxy) is 1. The normalized spacial score (nSPS) is 26.4. The summed E-state index contributed by atoms with van der Waals surface area (Å²) in [6, 6.07) is 0.295. The highest BCUT2D eigenvalue weighted by Crippen LogP contribution is 2.39. The van der Waals surface area contributed by atoms with Crippen LogP contribution in [0.3, 0.4) is 0 Å². The van der Waals surface area contributed by atoms with Gasteiger partial charge in [-0.1, -0.05) is 13.3 Å². The van der Waals surface area contributed by atoms with Gasteiger partial charge in [0.15, 0.2) is 0 Å². The lowest BCUT2D eigenvalue weighted by Gasteiger charge is -2.36. The van der Waals surface area contributed by atoms with Gasteiger partial charge in [-0.05, 0) is 66.1 Å². The number of nitrogens with zero attached hydrogens (tertiary/aromatic N) is 1. The number of hydrogen-bond donors (Lipinski definition) is 1. The van der Waals surface area contributed by atoms with Crippen LogP contribution in [0.4, 0.5) is 0 Å². The first-order valence-corrected chi connectivity index (χ1v) is 8.09. The lowest BCUT2D eigenvalue weighted by molar-refractivity contribution is -0.153. The summed E-state index contributed by atoms with van der Waals surface area (Å²) in [6.07, 6.45) is 4.20. The molecule has 0 aromatic heterocycles. The second kappa shape index (κ2) is 7.99. The molecule has 20 heavy (non-hydrogen) atoms. The van der Waals surface area contributed by atoms with Crippen molar-refractivity contribution in [3.05, 3.63) is 0 Å². The Hall–Kier alpha value is -0.610. The van der Waals surface area contributed by atoms with E-state index in [1.54, 1.807) is 0 Å². The largest absolute Gasteiger partial charge is 0.465 e. The second-order valence-electron chi connectivity index (χ2n) is 6.26. The van der Waals surface area contributed by atoms with Crippen LogP contribution in [0.15, 0.2) is 0 Å². The molecule has 2 unspecified atom stereocenters. The van der Waals surface area contributed by atoms with Crippen molar-refractivity contribution in [2.75, 3.05) is 26.7 Å². The van der Waals surface area contributed by atoms with Gasteiger partial charge in [0, 0.05) is 6.04 Å². The van der Waals surface area contributed by atoms with Crippen molar-refractivity contribution in [1.29, 1.82) is 0 Å². The van der Waals surface area contributed by atoms with Crippen LogP contribution in [0.2, 0.25) is 0 Å².